The van der Waals surface area contributed by atoms with E-state index in [0.29, 0.717) is 38.5 Å². The maximum absolute atomic E-state index is 13.1. The van der Waals surface area contributed by atoms with E-state index in [2.05, 4.69) is 167 Å². The summed E-state index contributed by atoms with van der Waals surface area (Å²) in [6.45, 7) is 4.33. The second-order valence-electron chi connectivity index (χ2n) is 23.8. The number of carbonyl (C=O) groups excluding carboxylic acids is 4. The summed E-state index contributed by atoms with van der Waals surface area (Å²) in [5.74, 6) is -2.34. The van der Waals surface area contributed by atoms with E-state index in [1.807, 2.05) is 18.2 Å². The zero-order valence-electron chi connectivity index (χ0n) is 60.4. The topological polar surface area (TPSA) is 237 Å². The summed E-state index contributed by atoms with van der Waals surface area (Å²) in [4.78, 5) is 72.7. The highest BCUT2D eigenvalue weighted by Crippen LogP contribution is 2.45. The van der Waals surface area contributed by atoms with Gasteiger partial charge in [-0.1, -0.05) is 237 Å². The van der Waals surface area contributed by atoms with Gasteiger partial charge in [-0.3, -0.25) is 37.3 Å². The van der Waals surface area contributed by atoms with Crippen LogP contribution in [0.5, 0.6) is 0 Å². The minimum absolute atomic E-state index is 0.0243. The Balaban J connectivity index is 5.47. The molecule has 0 aromatic rings. The van der Waals surface area contributed by atoms with Gasteiger partial charge in [0.25, 0.3) is 0 Å². The molecule has 0 spiro atoms. The molecule has 0 saturated carbocycles. The molecule has 0 aromatic carbocycles. The molecule has 5 atom stereocenters. The molecule has 556 valence electrons. The molecule has 0 aliphatic heterocycles. The summed E-state index contributed by atoms with van der Waals surface area (Å²) >= 11 is 0. The maximum Gasteiger partial charge on any atom is 0.472 e. The highest BCUT2D eigenvalue weighted by Gasteiger charge is 2.30. The van der Waals surface area contributed by atoms with Gasteiger partial charge in [-0.2, -0.15) is 0 Å². The van der Waals surface area contributed by atoms with Crippen molar-refractivity contribution in [3.8, 4) is 0 Å². The first-order chi connectivity index (χ1) is 47.7. The van der Waals surface area contributed by atoms with E-state index >= 15 is 0 Å². The van der Waals surface area contributed by atoms with Gasteiger partial charge in [0, 0.05) is 25.7 Å². The monoisotopic (exact) mass is 1410 g/mol. The van der Waals surface area contributed by atoms with Crippen LogP contribution in [-0.2, 0) is 65.4 Å². The smallest absolute Gasteiger partial charge is 0.462 e. The number of phosphoric ester groups is 2. The van der Waals surface area contributed by atoms with Crippen LogP contribution in [0.4, 0.5) is 0 Å². The third-order valence-electron chi connectivity index (χ3n) is 14.4. The van der Waals surface area contributed by atoms with Crippen LogP contribution < -0.4 is 0 Å². The molecule has 19 heteroatoms. The van der Waals surface area contributed by atoms with E-state index in [0.717, 1.165) is 167 Å². The second kappa shape index (κ2) is 70.1. The number of phosphoric acid groups is 2. The fraction of sp³-hybridized carbons (Fsp3) is 0.620. The van der Waals surface area contributed by atoms with Crippen LogP contribution >= 0.6 is 15.6 Å². The van der Waals surface area contributed by atoms with Crippen LogP contribution in [0.1, 0.15) is 259 Å². The van der Waals surface area contributed by atoms with Crippen molar-refractivity contribution in [1.29, 1.82) is 0 Å². The lowest BCUT2D eigenvalue weighted by Crippen LogP contribution is -2.30. The number of hydrogen-bond acceptors (Lipinski definition) is 15. The third kappa shape index (κ3) is 69.2. The molecule has 0 amide bonds. The molecule has 0 radical (unpaired) electrons. The van der Waals surface area contributed by atoms with E-state index in [1.165, 1.54) is 0 Å². The molecule has 98 heavy (non-hydrogen) atoms. The van der Waals surface area contributed by atoms with Crippen LogP contribution in [0.3, 0.4) is 0 Å². The first-order valence-corrected chi connectivity index (χ1v) is 39.7. The average Bonchev–Trinajstić information content (AvgIpc) is 1.05. The Hall–Kier alpha value is -5.32. The van der Waals surface area contributed by atoms with Crippen molar-refractivity contribution >= 4 is 39.5 Å². The highest BCUT2D eigenvalue weighted by molar-refractivity contribution is 7.47. The molecule has 0 heterocycles. The van der Waals surface area contributed by atoms with Crippen LogP contribution in [0.2, 0.25) is 0 Å². The van der Waals surface area contributed by atoms with Gasteiger partial charge in [-0.05, 0) is 154 Å². The van der Waals surface area contributed by atoms with E-state index in [1.54, 1.807) is 0 Å². The van der Waals surface area contributed by atoms with Crippen LogP contribution in [0.25, 0.3) is 0 Å². The molecule has 0 aromatic heterocycles. The van der Waals surface area contributed by atoms with Gasteiger partial charge in [0.15, 0.2) is 12.2 Å². The molecule has 0 aliphatic rings. The Morgan fingerprint density at radius 2 is 0.541 bits per heavy atom. The maximum atomic E-state index is 13.1. The highest BCUT2D eigenvalue weighted by atomic mass is 31.2. The van der Waals surface area contributed by atoms with E-state index < -0.39 is 97.5 Å². The summed E-state index contributed by atoms with van der Waals surface area (Å²) < 4.78 is 68.2. The van der Waals surface area contributed by atoms with Crippen LogP contribution in [0, 0.1) is 0 Å². The number of rotatable bonds is 67. The third-order valence-corrected chi connectivity index (χ3v) is 16.3. The number of hydrogen-bond donors (Lipinski definition) is 3. The molecule has 0 saturated heterocycles. The number of aliphatic hydroxyl groups excluding tert-OH is 1. The van der Waals surface area contributed by atoms with E-state index in [4.69, 9.17) is 37.0 Å². The Bertz CT molecular complexity index is 2480. The summed E-state index contributed by atoms with van der Waals surface area (Å²) in [5.41, 5.74) is 0. The summed E-state index contributed by atoms with van der Waals surface area (Å²) in [7, 11) is -9.99. The molecule has 3 N–H and O–H groups in total. The van der Waals surface area contributed by atoms with Gasteiger partial charge in [-0.15, -0.1) is 0 Å². The van der Waals surface area contributed by atoms with Crippen molar-refractivity contribution in [3.63, 3.8) is 0 Å². The SMILES string of the molecule is CC/C=C\C/C=C\C/C=C\C/C=C\C/C=C\CCCC(=O)OCC(COP(=O)(O)OCC(O)COP(=O)(O)OCC(COC(=O)CCCCCCC/C=C\C/C=C\CCC)OC(=O)CCCCCCC/C=C\C/C=C\CCC)OC(=O)CCCC/C=C\C/C=C\C/C=C\C/C=C\CC. The van der Waals surface area contributed by atoms with Crippen molar-refractivity contribution in [2.75, 3.05) is 39.6 Å². The minimum atomic E-state index is -5.00. The number of ether oxygens (including phenoxy) is 4. The first-order valence-electron chi connectivity index (χ1n) is 36.7. The lowest BCUT2D eigenvalue weighted by Gasteiger charge is -2.21. The zero-order chi connectivity index (χ0) is 71.8. The molecule has 17 nitrogen and oxygen atoms in total. The Morgan fingerprint density at radius 3 is 0.878 bits per heavy atom. The normalized spacial score (nSPS) is 14.9. The van der Waals surface area contributed by atoms with Gasteiger partial charge in [0.1, 0.15) is 19.3 Å². The van der Waals surface area contributed by atoms with Gasteiger partial charge < -0.3 is 33.8 Å². The standard InChI is InChI=1S/C79H128O17P2/c1-5-9-13-17-21-25-29-33-35-36-38-41-44-48-52-56-60-64-77(82)90-70-75(96-79(84)66-62-58-54-50-46-42-37-34-30-26-22-18-14-10-6-2)72-94-98(87,88)92-68-73(80)67-91-97(85,86)93-71-74(95-78(83)65-61-57-53-49-45-40-32-28-24-20-16-12-8-4)69-89-76(81)63-59-55-51-47-43-39-31-27-23-19-15-11-7-3/h9-10,13-16,19-22,25-28,31-35,37-38,41,46,48,50,52,73-75,80H,5-8,11-12,17-18,23-24,29-30,36,39-40,42-45,47,49,51,53-72H2,1-4H3,(H,85,86)(H,87,88)/b13-9-,14-10-,19-15-,20-16-,25-21-,26-22-,31-27-,32-28-,35-33-,37-34-,41-38-,50-46-,52-48-. The summed E-state index contributed by atoms with van der Waals surface area (Å²) in [6, 6.07) is 0. The Labute approximate surface area is 591 Å². The van der Waals surface area contributed by atoms with Crippen molar-refractivity contribution < 1.29 is 80.2 Å². The lowest BCUT2D eigenvalue weighted by atomic mass is 10.1. The fourth-order valence-corrected chi connectivity index (χ4v) is 10.5. The minimum Gasteiger partial charge on any atom is -0.462 e. The molecule has 0 fully saturated rings. The van der Waals surface area contributed by atoms with E-state index in [9.17, 15) is 43.2 Å². The van der Waals surface area contributed by atoms with Crippen molar-refractivity contribution in [2.45, 2.75) is 277 Å². The molecule has 5 unspecified atom stereocenters. The predicted octanol–water partition coefficient (Wildman–Crippen LogP) is 20.9. The van der Waals surface area contributed by atoms with Gasteiger partial charge >= 0.3 is 39.5 Å². The van der Waals surface area contributed by atoms with Gasteiger partial charge in [-0.25, -0.2) is 9.13 Å². The quantitative estimate of drug-likeness (QED) is 0.0169. The van der Waals surface area contributed by atoms with E-state index in [-0.39, 0.29) is 25.7 Å². The Kier molecular flexibility index (Phi) is 66.3. The largest absolute Gasteiger partial charge is 0.472 e. The van der Waals surface area contributed by atoms with Crippen molar-refractivity contribution in [2.24, 2.45) is 0 Å². The van der Waals surface area contributed by atoms with Gasteiger partial charge in [0.05, 0.1) is 26.4 Å². The summed E-state index contributed by atoms with van der Waals surface area (Å²) in [6.07, 6.45) is 79.7. The molecule has 0 aliphatic carbocycles. The Morgan fingerprint density at radius 1 is 0.296 bits per heavy atom. The zero-order valence-corrected chi connectivity index (χ0v) is 62.2. The number of esters is 4. The summed E-state index contributed by atoms with van der Waals surface area (Å²) in [5, 5.41) is 10.6. The van der Waals surface area contributed by atoms with Gasteiger partial charge in [0.2, 0.25) is 0 Å². The molecule has 0 rings (SSSR count). The number of unbranched alkanes of at least 4 members (excludes halogenated alkanes) is 15. The van der Waals surface area contributed by atoms with Crippen LogP contribution in [-0.4, -0.2) is 96.7 Å². The number of allylic oxidation sites excluding steroid dienone is 26. The fourth-order valence-electron chi connectivity index (χ4n) is 8.91. The second-order valence-corrected chi connectivity index (χ2v) is 26.7. The molecular formula is C79H128O17P2. The average molecular weight is 1410 g/mol. The lowest BCUT2D eigenvalue weighted by molar-refractivity contribution is -0.161. The molecular weight excluding hydrogens is 1280 g/mol. The van der Waals surface area contributed by atoms with Crippen LogP contribution in [0.15, 0.2) is 158 Å². The first kappa shape index (κ1) is 92.7. The number of aliphatic hydroxyl groups is 1. The number of carbonyl (C=O) groups is 4. The van der Waals surface area contributed by atoms with Crippen molar-refractivity contribution in [3.05, 3.63) is 158 Å². The van der Waals surface area contributed by atoms with Crippen molar-refractivity contribution in [1.82, 2.24) is 0 Å². The predicted molar refractivity (Wildman–Crippen MR) is 399 cm³/mol. The molecule has 0 bridgehead atoms.